The number of nitrogens with two attached hydrogens (primary N) is 1. The van der Waals surface area contributed by atoms with Crippen LogP contribution in [0.25, 0.3) is 11.0 Å². The van der Waals surface area contributed by atoms with Crippen molar-refractivity contribution in [3.05, 3.63) is 12.5 Å². The fourth-order valence-corrected chi connectivity index (χ4v) is 1.77. The highest BCUT2D eigenvalue weighted by atomic mass is 15.3. The Labute approximate surface area is 94.1 Å². The van der Waals surface area contributed by atoms with E-state index in [1.54, 1.807) is 17.2 Å². The lowest BCUT2D eigenvalue weighted by Crippen LogP contribution is -2.30. The van der Waals surface area contributed by atoms with E-state index in [1.807, 2.05) is 7.05 Å². The van der Waals surface area contributed by atoms with Crippen molar-refractivity contribution in [2.24, 2.45) is 12.8 Å². The van der Waals surface area contributed by atoms with E-state index in [-0.39, 0.29) is 0 Å². The zero-order valence-electron chi connectivity index (χ0n) is 9.59. The molecule has 2 aromatic heterocycles. The maximum Gasteiger partial charge on any atom is 0.163 e. The van der Waals surface area contributed by atoms with Crippen molar-refractivity contribution in [1.29, 1.82) is 0 Å². The second kappa shape index (κ2) is 4.44. The molecule has 6 heteroatoms. The van der Waals surface area contributed by atoms with Crippen molar-refractivity contribution in [2.45, 2.75) is 6.92 Å². The number of aryl methyl sites for hydroxylation is 1. The number of likely N-dealkylation sites (N-methyl/N-ethyl adjacent to an activating group) is 1. The lowest BCUT2D eigenvalue weighted by Gasteiger charge is -2.21. The van der Waals surface area contributed by atoms with Gasteiger partial charge in [0.05, 0.1) is 11.6 Å². The molecule has 0 aromatic carbocycles. The monoisotopic (exact) mass is 220 g/mol. The van der Waals surface area contributed by atoms with Crippen molar-refractivity contribution >= 4 is 16.9 Å². The van der Waals surface area contributed by atoms with Crippen LogP contribution in [-0.4, -0.2) is 39.4 Å². The van der Waals surface area contributed by atoms with E-state index in [4.69, 9.17) is 5.73 Å². The lowest BCUT2D eigenvalue weighted by molar-refractivity contribution is 0.783. The molecule has 0 aliphatic heterocycles. The molecular formula is C10H16N6. The molecule has 0 aliphatic carbocycles. The zero-order chi connectivity index (χ0) is 11.5. The highest BCUT2D eigenvalue weighted by molar-refractivity contribution is 5.86. The van der Waals surface area contributed by atoms with E-state index in [1.165, 1.54) is 0 Å². The molecule has 2 N–H and O–H groups in total. The number of aromatic nitrogens is 4. The summed E-state index contributed by atoms with van der Waals surface area (Å²) in [5.74, 6) is 0.908. The van der Waals surface area contributed by atoms with Crippen LogP contribution < -0.4 is 10.6 Å². The fraction of sp³-hybridized carbons (Fsp3) is 0.500. The standard InChI is InChI=1S/C10H16N6/c1-3-16(5-4-11)10-8-6-14-15(2)9(8)12-7-13-10/h6-7H,3-5,11H2,1-2H3. The van der Waals surface area contributed by atoms with E-state index >= 15 is 0 Å². The predicted molar refractivity (Wildman–Crippen MR) is 63.2 cm³/mol. The Morgan fingerprint density at radius 2 is 2.25 bits per heavy atom. The number of rotatable bonds is 4. The van der Waals surface area contributed by atoms with Gasteiger partial charge in [-0.15, -0.1) is 0 Å². The van der Waals surface area contributed by atoms with Crippen LogP contribution in [0.4, 0.5) is 5.82 Å². The Kier molecular flexibility index (Phi) is 3.00. The molecule has 0 fully saturated rings. The maximum atomic E-state index is 5.59. The van der Waals surface area contributed by atoms with E-state index in [0.29, 0.717) is 6.54 Å². The van der Waals surface area contributed by atoms with Crippen molar-refractivity contribution in [2.75, 3.05) is 24.5 Å². The van der Waals surface area contributed by atoms with Crippen molar-refractivity contribution in [1.82, 2.24) is 19.7 Å². The smallest absolute Gasteiger partial charge is 0.163 e. The van der Waals surface area contributed by atoms with Crippen LogP contribution in [-0.2, 0) is 7.05 Å². The first-order chi connectivity index (χ1) is 7.77. The molecule has 0 atom stereocenters. The quantitative estimate of drug-likeness (QED) is 0.794. The molecule has 2 rings (SSSR count). The SMILES string of the molecule is CCN(CCN)c1ncnc2c1cnn2C. The van der Waals surface area contributed by atoms with E-state index < -0.39 is 0 Å². The van der Waals surface area contributed by atoms with Crippen LogP contribution in [0.1, 0.15) is 6.92 Å². The van der Waals surface area contributed by atoms with Crippen LogP contribution in [0.15, 0.2) is 12.5 Å². The van der Waals surface area contributed by atoms with Crippen molar-refractivity contribution in [3.8, 4) is 0 Å². The highest BCUT2D eigenvalue weighted by Gasteiger charge is 2.12. The van der Waals surface area contributed by atoms with Crippen LogP contribution in [0.5, 0.6) is 0 Å². The summed E-state index contributed by atoms with van der Waals surface area (Å²) in [6.07, 6.45) is 3.36. The molecule has 0 spiro atoms. The van der Waals surface area contributed by atoms with Gasteiger partial charge in [-0.05, 0) is 6.92 Å². The zero-order valence-corrected chi connectivity index (χ0v) is 9.59. The maximum absolute atomic E-state index is 5.59. The van der Waals surface area contributed by atoms with Crippen LogP contribution in [0.3, 0.4) is 0 Å². The first-order valence-corrected chi connectivity index (χ1v) is 5.35. The second-order valence-electron chi connectivity index (χ2n) is 3.57. The van der Waals surface area contributed by atoms with Gasteiger partial charge in [-0.25, -0.2) is 9.97 Å². The molecule has 0 radical (unpaired) electrons. The summed E-state index contributed by atoms with van der Waals surface area (Å²) in [5.41, 5.74) is 6.43. The molecule has 0 saturated carbocycles. The summed E-state index contributed by atoms with van der Waals surface area (Å²) in [6.45, 7) is 4.36. The lowest BCUT2D eigenvalue weighted by atomic mass is 10.3. The van der Waals surface area contributed by atoms with Gasteiger partial charge in [-0.1, -0.05) is 0 Å². The first-order valence-electron chi connectivity index (χ1n) is 5.35. The average molecular weight is 220 g/mol. The molecule has 2 heterocycles. The molecule has 86 valence electrons. The minimum absolute atomic E-state index is 0.611. The Hall–Kier alpha value is -1.69. The summed E-state index contributed by atoms with van der Waals surface area (Å²) >= 11 is 0. The summed E-state index contributed by atoms with van der Waals surface area (Å²) in [4.78, 5) is 10.7. The normalized spacial score (nSPS) is 10.9. The minimum atomic E-state index is 0.611. The summed E-state index contributed by atoms with van der Waals surface area (Å²) in [7, 11) is 1.87. The first kappa shape index (κ1) is 10.8. The van der Waals surface area contributed by atoms with Crippen LogP contribution in [0, 0.1) is 0 Å². The molecule has 0 unspecified atom stereocenters. The number of fused-ring (bicyclic) bond motifs is 1. The molecule has 6 nitrogen and oxygen atoms in total. The Morgan fingerprint density at radius 3 is 2.94 bits per heavy atom. The molecule has 0 bridgehead atoms. The van der Waals surface area contributed by atoms with E-state index in [9.17, 15) is 0 Å². The number of nitrogens with zero attached hydrogens (tertiary/aromatic N) is 5. The largest absolute Gasteiger partial charge is 0.355 e. The summed E-state index contributed by atoms with van der Waals surface area (Å²) in [6, 6.07) is 0. The van der Waals surface area contributed by atoms with Gasteiger partial charge in [-0.2, -0.15) is 5.10 Å². The third-order valence-corrected chi connectivity index (χ3v) is 2.59. The number of hydrogen-bond donors (Lipinski definition) is 1. The van der Waals surface area contributed by atoms with Gasteiger partial charge >= 0.3 is 0 Å². The Bertz CT molecular complexity index is 477. The molecular weight excluding hydrogens is 204 g/mol. The van der Waals surface area contributed by atoms with Gasteiger partial charge in [0.25, 0.3) is 0 Å². The fourth-order valence-electron chi connectivity index (χ4n) is 1.77. The van der Waals surface area contributed by atoms with Crippen LogP contribution >= 0.6 is 0 Å². The van der Waals surface area contributed by atoms with Gasteiger partial charge in [-0.3, -0.25) is 4.68 Å². The van der Waals surface area contributed by atoms with Gasteiger partial charge in [0.15, 0.2) is 5.65 Å². The molecule has 0 amide bonds. The van der Waals surface area contributed by atoms with Crippen LogP contribution in [0.2, 0.25) is 0 Å². The average Bonchev–Trinajstić information content (AvgIpc) is 2.68. The van der Waals surface area contributed by atoms with Gasteiger partial charge in [0, 0.05) is 26.7 Å². The molecule has 0 saturated heterocycles. The molecule has 2 aromatic rings. The van der Waals surface area contributed by atoms with Gasteiger partial charge in [0.1, 0.15) is 12.1 Å². The van der Waals surface area contributed by atoms with Crippen molar-refractivity contribution < 1.29 is 0 Å². The Balaban J connectivity index is 2.50. The summed E-state index contributed by atoms with van der Waals surface area (Å²) < 4.78 is 1.75. The number of anilines is 1. The third-order valence-electron chi connectivity index (χ3n) is 2.59. The predicted octanol–water partition coefficient (Wildman–Crippen LogP) is 0.148. The highest BCUT2D eigenvalue weighted by Crippen LogP contribution is 2.21. The summed E-state index contributed by atoms with van der Waals surface area (Å²) in [5, 5.41) is 5.16. The topological polar surface area (TPSA) is 72.9 Å². The Morgan fingerprint density at radius 1 is 1.44 bits per heavy atom. The van der Waals surface area contributed by atoms with Crippen molar-refractivity contribution in [3.63, 3.8) is 0 Å². The van der Waals surface area contributed by atoms with E-state index in [2.05, 4.69) is 26.9 Å². The van der Waals surface area contributed by atoms with Gasteiger partial charge < -0.3 is 10.6 Å². The second-order valence-corrected chi connectivity index (χ2v) is 3.57. The third kappa shape index (κ3) is 1.71. The molecule has 16 heavy (non-hydrogen) atoms. The minimum Gasteiger partial charge on any atom is -0.355 e. The van der Waals surface area contributed by atoms with Gasteiger partial charge in [0.2, 0.25) is 0 Å². The van der Waals surface area contributed by atoms with E-state index in [0.717, 1.165) is 29.9 Å². The molecule has 0 aliphatic rings. The number of hydrogen-bond acceptors (Lipinski definition) is 5.